The van der Waals surface area contributed by atoms with Crippen molar-refractivity contribution in [2.75, 3.05) is 12.3 Å². The molecule has 0 radical (unpaired) electrons. The van der Waals surface area contributed by atoms with Gasteiger partial charge in [-0.05, 0) is 0 Å². The van der Waals surface area contributed by atoms with Gasteiger partial charge in [-0.25, -0.2) is 9.55 Å². The second kappa shape index (κ2) is 8.70. The Hall–Kier alpha value is -2.88. The number of H-pyrrole nitrogens is 1. The van der Waals surface area contributed by atoms with E-state index in [9.17, 15) is 28.9 Å². The zero-order chi connectivity index (χ0) is 22.9. The summed E-state index contributed by atoms with van der Waals surface area (Å²) in [7, 11) is -4.71. The second-order valence-corrected chi connectivity index (χ2v) is 8.23. The smallest absolute Gasteiger partial charge is 0.432 e. The molecule has 3 rings (SSSR count). The molecule has 0 aliphatic carbocycles. The summed E-state index contributed by atoms with van der Waals surface area (Å²) in [5.74, 6) is -2.70. The molecule has 170 valence electrons. The number of hydrogen-bond acceptors (Lipinski definition) is 11. The SMILES string of the molecule is Nc1nc2c(ncn2[C@H]2C[C@H](O)[C@@H](COP(=O)(O)NC(=O)[C@@H](N)CC(=O)O)O2)c(=O)[nH]1. The first kappa shape index (κ1) is 22.8. The van der Waals surface area contributed by atoms with E-state index in [1.54, 1.807) is 5.09 Å². The summed E-state index contributed by atoms with van der Waals surface area (Å²) in [5, 5.41) is 20.4. The van der Waals surface area contributed by atoms with Gasteiger partial charge in [0.2, 0.25) is 11.9 Å². The molecule has 1 saturated heterocycles. The molecule has 1 aliphatic rings. The van der Waals surface area contributed by atoms with E-state index < -0.39 is 62.7 Å². The van der Waals surface area contributed by atoms with Crippen molar-refractivity contribution in [2.24, 2.45) is 5.73 Å². The lowest BCUT2D eigenvalue weighted by Crippen LogP contribution is -2.41. The Morgan fingerprint density at radius 3 is 2.90 bits per heavy atom. The number of aromatic nitrogens is 4. The number of aliphatic carboxylic acids is 1. The third kappa shape index (κ3) is 5.25. The number of carboxylic acid groups (broad SMARTS) is 1. The minimum atomic E-state index is -4.71. The number of imidazole rings is 1. The predicted molar refractivity (Wildman–Crippen MR) is 101 cm³/mol. The third-order valence-corrected chi connectivity index (χ3v) is 5.36. The number of carbonyl (C=O) groups excluding carboxylic acids is 1. The highest BCUT2D eigenvalue weighted by Crippen LogP contribution is 2.39. The van der Waals surface area contributed by atoms with E-state index in [1.165, 1.54) is 10.9 Å². The summed E-state index contributed by atoms with van der Waals surface area (Å²) in [6.07, 6.45) is -2.51. The molecule has 9 N–H and O–H groups in total. The Morgan fingerprint density at radius 2 is 2.23 bits per heavy atom. The summed E-state index contributed by atoms with van der Waals surface area (Å²) in [5.41, 5.74) is 10.4. The van der Waals surface area contributed by atoms with Gasteiger partial charge < -0.3 is 31.3 Å². The van der Waals surface area contributed by atoms with Crippen LogP contribution in [-0.2, 0) is 23.4 Å². The van der Waals surface area contributed by atoms with Crippen LogP contribution in [0.2, 0.25) is 0 Å². The van der Waals surface area contributed by atoms with Gasteiger partial charge in [-0.2, -0.15) is 4.98 Å². The first-order valence-electron chi connectivity index (χ1n) is 8.79. The number of aliphatic hydroxyl groups is 1. The molecule has 17 heteroatoms. The first-order chi connectivity index (χ1) is 14.5. The van der Waals surface area contributed by atoms with Gasteiger partial charge in [0.15, 0.2) is 11.2 Å². The van der Waals surface area contributed by atoms with Crippen molar-refractivity contribution in [1.82, 2.24) is 24.6 Å². The summed E-state index contributed by atoms with van der Waals surface area (Å²) in [6.45, 7) is -0.595. The van der Waals surface area contributed by atoms with Crippen molar-refractivity contribution in [2.45, 2.75) is 37.3 Å². The van der Waals surface area contributed by atoms with E-state index in [0.717, 1.165) is 0 Å². The molecule has 3 heterocycles. The van der Waals surface area contributed by atoms with Crippen molar-refractivity contribution in [3.8, 4) is 0 Å². The molecule has 31 heavy (non-hydrogen) atoms. The third-order valence-electron chi connectivity index (χ3n) is 4.36. The monoisotopic (exact) mass is 461 g/mol. The van der Waals surface area contributed by atoms with Gasteiger partial charge in [0.25, 0.3) is 5.56 Å². The van der Waals surface area contributed by atoms with Crippen molar-refractivity contribution in [3.63, 3.8) is 0 Å². The molecule has 1 aliphatic heterocycles. The average Bonchev–Trinajstić information content (AvgIpc) is 3.22. The summed E-state index contributed by atoms with van der Waals surface area (Å²) >= 11 is 0. The van der Waals surface area contributed by atoms with Gasteiger partial charge >= 0.3 is 13.7 Å². The summed E-state index contributed by atoms with van der Waals surface area (Å²) in [4.78, 5) is 54.1. The number of nitrogens with zero attached hydrogens (tertiary/aromatic N) is 3. The number of rotatable bonds is 8. The molecule has 5 atom stereocenters. The zero-order valence-electron chi connectivity index (χ0n) is 15.7. The minimum absolute atomic E-state index is 0.00672. The summed E-state index contributed by atoms with van der Waals surface area (Å²) < 4.78 is 23.8. The van der Waals surface area contributed by atoms with Crippen LogP contribution in [0.3, 0.4) is 0 Å². The van der Waals surface area contributed by atoms with Crippen LogP contribution in [0.25, 0.3) is 11.2 Å². The molecule has 2 aromatic heterocycles. The van der Waals surface area contributed by atoms with E-state index >= 15 is 0 Å². The lowest BCUT2D eigenvalue weighted by Gasteiger charge is -2.19. The Kier molecular flexibility index (Phi) is 6.40. The molecule has 1 amide bonds. The van der Waals surface area contributed by atoms with E-state index in [2.05, 4.69) is 15.0 Å². The number of hydrogen-bond donors (Lipinski definition) is 7. The Labute approximate surface area is 172 Å². The van der Waals surface area contributed by atoms with Gasteiger partial charge in [0, 0.05) is 6.42 Å². The topological polar surface area (TPSA) is 258 Å². The van der Waals surface area contributed by atoms with Crippen LogP contribution < -0.4 is 22.1 Å². The molecular formula is C14H20N7O9P. The number of carboxylic acids is 1. The van der Waals surface area contributed by atoms with Gasteiger partial charge in [0.1, 0.15) is 12.3 Å². The highest BCUT2D eigenvalue weighted by atomic mass is 31.2. The fourth-order valence-corrected chi connectivity index (χ4v) is 3.76. The van der Waals surface area contributed by atoms with E-state index in [-0.39, 0.29) is 23.5 Å². The van der Waals surface area contributed by atoms with Crippen molar-refractivity contribution in [1.29, 1.82) is 0 Å². The maximum Gasteiger partial charge on any atom is 0.432 e. The fourth-order valence-electron chi connectivity index (χ4n) is 2.90. The number of carbonyl (C=O) groups is 2. The minimum Gasteiger partial charge on any atom is -0.481 e. The Bertz CT molecular complexity index is 1100. The quantitative estimate of drug-likeness (QED) is 0.199. The van der Waals surface area contributed by atoms with Crippen LogP contribution >= 0.6 is 7.75 Å². The van der Waals surface area contributed by atoms with Crippen LogP contribution in [0.5, 0.6) is 0 Å². The number of aliphatic hydroxyl groups excluding tert-OH is 1. The van der Waals surface area contributed by atoms with Crippen LogP contribution in [-0.4, -0.2) is 71.4 Å². The van der Waals surface area contributed by atoms with E-state index in [1.807, 2.05) is 0 Å². The van der Waals surface area contributed by atoms with Crippen molar-refractivity contribution >= 4 is 36.7 Å². The predicted octanol–water partition coefficient (Wildman–Crippen LogP) is -2.61. The van der Waals surface area contributed by atoms with Crippen LogP contribution in [0.1, 0.15) is 19.1 Å². The highest BCUT2D eigenvalue weighted by molar-refractivity contribution is 7.51. The zero-order valence-corrected chi connectivity index (χ0v) is 16.6. The average molecular weight is 461 g/mol. The normalized spacial score (nSPS) is 24.0. The lowest BCUT2D eigenvalue weighted by atomic mass is 10.2. The van der Waals surface area contributed by atoms with Gasteiger partial charge in [-0.15, -0.1) is 0 Å². The maximum atomic E-state index is 12.0. The first-order valence-corrected chi connectivity index (χ1v) is 10.4. The van der Waals surface area contributed by atoms with Crippen LogP contribution in [0.4, 0.5) is 5.95 Å². The molecule has 1 unspecified atom stereocenters. The number of anilines is 1. The van der Waals surface area contributed by atoms with Crippen LogP contribution in [0, 0.1) is 0 Å². The van der Waals surface area contributed by atoms with Gasteiger partial charge in [-0.1, -0.05) is 0 Å². The number of nitrogens with one attached hydrogen (secondary N) is 2. The number of aromatic amines is 1. The lowest BCUT2D eigenvalue weighted by molar-refractivity contribution is -0.139. The summed E-state index contributed by atoms with van der Waals surface area (Å²) in [6, 6.07) is -1.56. The fraction of sp³-hybridized carbons (Fsp3) is 0.500. The molecule has 0 bridgehead atoms. The number of nitrogen functional groups attached to an aromatic ring is 1. The standard InChI is InChI=1S/C14H20N7O9P/c15-5(1-9(23)24)12(25)20-31(27,28)29-3-7-6(22)2-8(30-7)21-4-17-10-11(21)18-14(16)19-13(10)26/h4-8,22H,1-3,15H2,(H,23,24)(H3,16,18,19,26)(H2,20,25,27,28)/t5-,6-,7+,8+/m0/s1. The maximum absolute atomic E-state index is 12.0. The molecule has 1 fully saturated rings. The van der Waals surface area contributed by atoms with Crippen molar-refractivity contribution < 1.29 is 38.5 Å². The van der Waals surface area contributed by atoms with Crippen LogP contribution in [0.15, 0.2) is 11.1 Å². The van der Waals surface area contributed by atoms with Gasteiger partial charge in [-0.3, -0.25) is 33.5 Å². The Balaban J connectivity index is 1.63. The number of amides is 1. The van der Waals surface area contributed by atoms with E-state index in [0.29, 0.717) is 0 Å². The molecule has 0 saturated carbocycles. The van der Waals surface area contributed by atoms with E-state index in [4.69, 9.17) is 25.8 Å². The van der Waals surface area contributed by atoms with Gasteiger partial charge in [0.05, 0.1) is 31.5 Å². The number of nitrogens with two attached hydrogens (primary N) is 2. The number of fused-ring (bicyclic) bond motifs is 1. The highest BCUT2D eigenvalue weighted by Gasteiger charge is 2.38. The molecule has 0 spiro atoms. The Morgan fingerprint density at radius 1 is 1.52 bits per heavy atom. The molecule has 0 aromatic carbocycles. The molecular weight excluding hydrogens is 441 g/mol. The molecule has 16 nitrogen and oxygen atoms in total. The number of ether oxygens (including phenoxy) is 1. The second-order valence-electron chi connectivity index (χ2n) is 6.70. The largest absolute Gasteiger partial charge is 0.481 e. The van der Waals surface area contributed by atoms with Crippen molar-refractivity contribution in [3.05, 3.63) is 16.7 Å². The molecule has 2 aromatic rings.